The molecule has 28 heavy (non-hydrogen) atoms. The van der Waals surface area contributed by atoms with Crippen LogP contribution in [-0.2, 0) is 13.0 Å². The minimum Gasteiger partial charge on any atom is -0.391 e. The summed E-state index contributed by atoms with van der Waals surface area (Å²) < 4.78 is 1.71. The van der Waals surface area contributed by atoms with Gasteiger partial charge >= 0.3 is 0 Å². The number of aryl methyl sites for hydroxylation is 2. The molecule has 4 nitrogen and oxygen atoms in total. The molecule has 0 saturated carbocycles. The van der Waals surface area contributed by atoms with Crippen molar-refractivity contribution in [3.8, 4) is 22.9 Å². The highest BCUT2D eigenvalue weighted by molar-refractivity contribution is 5.77. The molecule has 1 N–H and O–H groups in total. The van der Waals surface area contributed by atoms with Crippen molar-refractivity contribution in [2.24, 2.45) is 0 Å². The molecular formula is C24H24N2O2. The average Bonchev–Trinajstić information content (AvgIpc) is 2.72. The number of nitriles is 1. The van der Waals surface area contributed by atoms with E-state index < -0.39 is 0 Å². The Balaban J connectivity index is 2.34. The van der Waals surface area contributed by atoms with E-state index in [-0.39, 0.29) is 12.2 Å². The molecule has 0 fully saturated rings. The quantitative estimate of drug-likeness (QED) is 0.692. The van der Waals surface area contributed by atoms with Crippen LogP contribution in [0.2, 0.25) is 0 Å². The van der Waals surface area contributed by atoms with Gasteiger partial charge < -0.3 is 5.11 Å². The number of nitrogens with zero attached hydrogens (tertiary/aromatic N) is 2. The molecule has 1 aromatic heterocycles. The number of pyridine rings is 1. The van der Waals surface area contributed by atoms with Gasteiger partial charge in [-0.15, -0.1) is 0 Å². The molecule has 0 unspecified atom stereocenters. The van der Waals surface area contributed by atoms with Crippen LogP contribution in [0.1, 0.15) is 42.1 Å². The van der Waals surface area contributed by atoms with Crippen molar-refractivity contribution in [2.75, 3.05) is 0 Å². The summed E-state index contributed by atoms with van der Waals surface area (Å²) in [5, 5.41) is 19.3. The van der Waals surface area contributed by atoms with Gasteiger partial charge in [-0.25, -0.2) is 0 Å². The Labute approximate surface area is 165 Å². The van der Waals surface area contributed by atoms with Crippen LogP contribution in [0, 0.1) is 18.3 Å². The molecule has 4 heteroatoms. The lowest BCUT2D eigenvalue weighted by Crippen LogP contribution is -2.27. The zero-order chi connectivity index (χ0) is 20.1. The molecule has 0 radical (unpaired) electrons. The van der Waals surface area contributed by atoms with Crippen LogP contribution >= 0.6 is 0 Å². The van der Waals surface area contributed by atoms with E-state index in [1.165, 1.54) is 0 Å². The number of aromatic nitrogens is 1. The number of aliphatic hydroxyl groups excluding tert-OH is 1. The molecule has 0 saturated heterocycles. The Morgan fingerprint density at radius 3 is 2.43 bits per heavy atom. The molecule has 0 atom stereocenters. The molecule has 142 valence electrons. The van der Waals surface area contributed by atoms with E-state index in [9.17, 15) is 15.2 Å². The van der Waals surface area contributed by atoms with Crippen LogP contribution in [0.25, 0.3) is 16.8 Å². The van der Waals surface area contributed by atoms with E-state index >= 15 is 0 Å². The smallest absolute Gasteiger partial charge is 0.261 e. The van der Waals surface area contributed by atoms with E-state index in [1.54, 1.807) is 10.6 Å². The first-order valence-corrected chi connectivity index (χ1v) is 9.56. The third-order valence-electron chi connectivity index (χ3n) is 5.03. The van der Waals surface area contributed by atoms with Crippen molar-refractivity contribution in [1.29, 1.82) is 5.26 Å². The molecule has 3 rings (SSSR count). The van der Waals surface area contributed by atoms with Crippen LogP contribution in [0.5, 0.6) is 0 Å². The molecular weight excluding hydrogens is 348 g/mol. The summed E-state index contributed by atoms with van der Waals surface area (Å²) in [7, 11) is 0. The minimum atomic E-state index is -0.296. The van der Waals surface area contributed by atoms with Gasteiger partial charge in [-0.3, -0.25) is 9.36 Å². The maximum Gasteiger partial charge on any atom is 0.261 e. The Hall–Kier alpha value is -3.16. The summed E-state index contributed by atoms with van der Waals surface area (Å²) in [5.74, 6) is 0. The largest absolute Gasteiger partial charge is 0.391 e. The molecule has 0 aliphatic heterocycles. The van der Waals surface area contributed by atoms with Gasteiger partial charge in [-0.05, 0) is 43.5 Å². The molecule has 2 aromatic carbocycles. The van der Waals surface area contributed by atoms with Crippen molar-refractivity contribution >= 4 is 0 Å². The second-order valence-corrected chi connectivity index (χ2v) is 6.87. The van der Waals surface area contributed by atoms with E-state index in [2.05, 4.69) is 13.0 Å². The van der Waals surface area contributed by atoms with E-state index in [0.29, 0.717) is 11.1 Å². The monoisotopic (exact) mass is 372 g/mol. The first-order valence-electron chi connectivity index (χ1n) is 9.56. The molecule has 0 spiro atoms. The summed E-state index contributed by atoms with van der Waals surface area (Å²) in [6.07, 6.45) is 2.76. The predicted octanol–water partition coefficient (Wildman–Crippen LogP) is 4.52. The third kappa shape index (κ3) is 3.62. The number of hydrogen-bond donors (Lipinski definition) is 1. The molecule has 3 aromatic rings. The van der Waals surface area contributed by atoms with Crippen LogP contribution in [0.15, 0.2) is 59.4 Å². The van der Waals surface area contributed by atoms with Crippen molar-refractivity contribution in [1.82, 2.24) is 4.57 Å². The second-order valence-electron chi connectivity index (χ2n) is 6.87. The maximum absolute atomic E-state index is 13.3. The summed E-state index contributed by atoms with van der Waals surface area (Å²) in [6.45, 7) is 3.69. The Kier molecular flexibility index (Phi) is 6.08. The first-order chi connectivity index (χ1) is 13.6. The van der Waals surface area contributed by atoms with Gasteiger partial charge in [0.25, 0.3) is 5.56 Å². The molecule has 0 amide bonds. The summed E-state index contributed by atoms with van der Waals surface area (Å²) >= 11 is 0. The number of para-hydroxylation sites is 1. The van der Waals surface area contributed by atoms with Crippen molar-refractivity contribution in [3.63, 3.8) is 0 Å². The van der Waals surface area contributed by atoms with Crippen LogP contribution < -0.4 is 5.56 Å². The Morgan fingerprint density at radius 1 is 1.07 bits per heavy atom. The molecule has 0 aliphatic carbocycles. The fraction of sp³-hybridized carbons (Fsp3) is 0.250. The molecule has 0 aliphatic rings. The summed E-state index contributed by atoms with van der Waals surface area (Å²) in [4.78, 5) is 13.3. The third-order valence-corrected chi connectivity index (χ3v) is 5.03. The number of benzene rings is 2. The molecule has 1 heterocycles. The average molecular weight is 372 g/mol. The van der Waals surface area contributed by atoms with Gasteiger partial charge in [0.05, 0.1) is 23.9 Å². The van der Waals surface area contributed by atoms with E-state index in [4.69, 9.17) is 0 Å². The van der Waals surface area contributed by atoms with Gasteiger partial charge in [-0.2, -0.15) is 5.26 Å². The number of unbranched alkanes of at least 4 members (excludes halogenated alkanes) is 1. The van der Waals surface area contributed by atoms with Gasteiger partial charge in [0.1, 0.15) is 0 Å². The van der Waals surface area contributed by atoms with Crippen molar-refractivity contribution < 1.29 is 5.11 Å². The fourth-order valence-electron chi connectivity index (χ4n) is 3.55. The fourth-order valence-corrected chi connectivity index (χ4v) is 3.55. The normalized spacial score (nSPS) is 10.6. The number of hydrogen-bond acceptors (Lipinski definition) is 3. The standard InChI is InChI=1S/C24H24N2O2/c1-3-4-10-19-14-17(2)22(16-27)24(28)26(19)23-13-8-7-12-21(23)20-11-6-5-9-18(20)15-25/h5-9,11-14,27H,3-4,10,16H2,1-2H3. The lowest BCUT2D eigenvalue weighted by molar-refractivity contribution is 0.278. The van der Waals surface area contributed by atoms with E-state index in [0.717, 1.165) is 47.3 Å². The summed E-state index contributed by atoms with van der Waals surface area (Å²) in [5.41, 5.74) is 4.85. The topological polar surface area (TPSA) is 66.0 Å². The number of aliphatic hydroxyl groups is 1. The predicted molar refractivity (Wildman–Crippen MR) is 111 cm³/mol. The highest BCUT2D eigenvalue weighted by Crippen LogP contribution is 2.30. The minimum absolute atomic E-state index is 0.199. The summed E-state index contributed by atoms with van der Waals surface area (Å²) in [6, 6.07) is 19.3. The zero-order valence-electron chi connectivity index (χ0n) is 16.3. The zero-order valence-corrected chi connectivity index (χ0v) is 16.3. The van der Waals surface area contributed by atoms with Gasteiger partial charge in [-0.1, -0.05) is 49.7 Å². The lowest BCUT2D eigenvalue weighted by atomic mass is 9.97. The van der Waals surface area contributed by atoms with Crippen LogP contribution in [0.3, 0.4) is 0 Å². The second kappa shape index (κ2) is 8.69. The van der Waals surface area contributed by atoms with Crippen molar-refractivity contribution in [2.45, 2.75) is 39.7 Å². The number of rotatable bonds is 6. The van der Waals surface area contributed by atoms with E-state index in [1.807, 2.05) is 55.5 Å². The SMILES string of the molecule is CCCCc1cc(C)c(CO)c(=O)n1-c1ccccc1-c1ccccc1C#N. The molecule has 0 bridgehead atoms. The lowest BCUT2D eigenvalue weighted by Gasteiger charge is -2.19. The van der Waals surface area contributed by atoms with Crippen LogP contribution in [-0.4, -0.2) is 9.67 Å². The Bertz CT molecular complexity index is 1090. The van der Waals surface area contributed by atoms with Gasteiger partial charge in [0.15, 0.2) is 0 Å². The van der Waals surface area contributed by atoms with Crippen molar-refractivity contribution in [3.05, 3.63) is 87.3 Å². The maximum atomic E-state index is 13.3. The van der Waals surface area contributed by atoms with Gasteiger partial charge in [0, 0.05) is 22.4 Å². The highest BCUT2D eigenvalue weighted by atomic mass is 16.3. The first kappa shape index (κ1) is 19.6. The Morgan fingerprint density at radius 2 is 1.75 bits per heavy atom. The highest BCUT2D eigenvalue weighted by Gasteiger charge is 2.17. The van der Waals surface area contributed by atoms with Gasteiger partial charge in [0.2, 0.25) is 0 Å². The van der Waals surface area contributed by atoms with Crippen LogP contribution in [0.4, 0.5) is 0 Å².